The molecule has 0 atom stereocenters. The Morgan fingerprint density at radius 3 is 2.92 bits per heavy atom. The first-order chi connectivity index (χ1) is 12.7. The highest BCUT2D eigenvalue weighted by Crippen LogP contribution is 2.41. The summed E-state index contributed by atoms with van der Waals surface area (Å²) in [5.41, 5.74) is 5.65. The molecule has 1 aromatic rings. The molecule has 26 heavy (non-hydrogen) atoms. The van der Waals surface area contributed by atoms with Gasteiger partial charge in [-0.2, -0.15) is 0 Å². The van der Waals surface area contributed by atoms with Crippen molar-refractivity contribution in [1.82, 2.24) is 0 Å². The Labute approximate surface area is 161 Å². The summed E-state index contributed by atoms with van der Waals surface area (Å²) in [5, 5.41) is 0.640. The van der Waals surface area contributed by atoms with E-state index < -0.39 is 0 Å². The van der Waals surface area contributed by atoms with Gasteiger partial charge in [-0.05, 0) is 47.3 Å². The van der Waals surface area contributed by atoms with Crippen molar-refractivity contribution in [2.75, 3.05) is 6.61 Å². The molecule has 0 N–H and O–H groups in total. The Balaban J connectivity index is 2.24. The summed E-state index contributed by atoms with van der Waals surface area (Å²) < 4.78 is 6.09. The van der Waals surface area contributed by atoms with Crippen molar-refractivity contribution in [2.45, 2.75) is 19.8 Å². The first kappa shape index (κ1) is 18.3. The first-order valence-electron chi connectivity index (χ1n) is 8.93. The summed E-state index contributed by atoms with van der Waals surface area (Å²) in [7, 11) is 0. The summed E-state index contributed by atoms with van der Waals surface area (Å²) in [4.78, 5) is 0. The van der Waals surface area contributed by atoms with Gasteiger partial charge < -0.3 is 4.74 Å². The third-order valence-corrected chi connectivity index (χ3v) is 4.61. The Kier molecular flexibility index (Phi) is 6.14. The average molecular weight is 363 g/mol. The Bertz CT molecular complexity index is 875. The molecule has 0 saturated carbocycles. The van der Waals surface area contributed by atoms with Crippen LogP contribution in [-0.2, 0) is 0 Å². The predicted molar refractivity (Wildman–Crippen MR) is 113 cm³/mol. The van der Waals surface area contributed by atoms with E-state index in [0.717, 1.165) is 35.3 Å². The maximum absolute atomic E-state index is 6.44. The summed E-state index contributed by atoms with van der Waals surface area (Å²) in [5.74, 6) is 0.749. The molecule has 132 valence electrons. The van der Waals surface area contributed by atoms with Crippen molar-refractivity contribution in [3.8, 4) is 5.75 Å². The number of fused-ring (bicyclic) bond motifs is 1. The second-order valence-electron chi connectivity index (χ2n) is 6.15. The van der Waals surface area contributed by atoms with E-state index in [1.165, 1.54) is 11.1 Å². The summed E-state index contributed by atoms with van der Waals surface area (Å²) in [6.45, 7) is 6.43. The van der Waals surface area contributed by atoms with E-state index >= 15 is 0 Å². The topological polar surface area (TPSA) is 9.23 Å². The van der Waals surface area contributed by atoms with E-state index in [9.17, 15) is 0 Å². The van der Waals surface area contributed by atoms with Crippen LogP contribution >= 0.6 is 11.6 Å². The van der Waals surface area contributed by atoms with Gasteiger partial charge in [0.05, 0.1) is 5.02 Å². The number of benzene rings is 1. The van der Waals surface area contributed by atoms with E-state index in [4.69, 9.17) is 16.3 Å². The fourth-order valence-corrected chi connectivity index (χ4v) is 3.36. The molecule has 0 fully saturated rings. The highest BCUT2D eigenvalue weighted by Gasteiger charge is 2.21. The van der Waals surface area contributed by atoms with Gasteiger partial charge in [0, 0.05) is 5.56 Å². The molecular weight excluding hydrogens is 340 g/mol. The Hall–Kier alpha value is -2.51. The molecule has 0 saturated heterocycles. The molecule has 1 aliphatic heterocycles. The molecule has 1 aromatic carbocycles. The number of para-hydroxylation sites is 1. The monoisotopic (exact) mass is 362 g/mol. The minimum atomic E-state index is 0.513. The molecular formula is C24H23ClO. The van der Waals surface area contributed by atoms with Crippen molar-refractivity contribution in [3.63, 3.8) is 0 Å². The minimum Gasteiger partial charge on any atom is -0.487 e. The average Bonchev–Trinajstić information content (AvgIpc) is 2.95. The van der Waals surface area contributed by atoms with Gasteiger partial charge in [-0.25, -0.2) is 0 Å². The van der Waals surface area contributed by atoms with Gasteiger partial charge in [-0.3, -0.25) is 0 Å². The largest absolute Gasteiger partial charge is 0.487 e. The third-order valence-electron chi connectivity index (χ3n) is 4.32. The number of halogens is 1. The van der Waals surface area contributed by atoms with E-state index in [1.807, 2.05) is 18.2 Å². The molecule has 0 spiro atoms. The van der Waals surface area contributed by atoms with Crippen LogP contribution < -0.4 is 4.74 Å². The second-order valence-corrected chi connectivity index (χ2v) is 6.56. The highest BCUT2D eigenvalue weighted by atomic mass is 35.5. The van der Waals surface area contributed by atoms with Gasteiger partial charge in [-0.1, -0.05) is 85.8 Å². The van der Waals surface area contributed by atoms with Crippen molar-refractivity contribution in [1.29, 1.82) is 0 Å². The molecule has 0 radical (unpaired) electrons. The van der Waals surface area contributed by atoms with E-state index in [1.54, 1.807) is 6.08 Å². The van der Waals surface area contributed by atoms with Crippen LogP contribution in [0.3, 0.4) is 0 Å². The SMILES string of the molecule is C=C\C=C/C(/C=C1/C2=C(C=CCC=C2)COc2c(Cl)cccc21)=C\CC. The Morgan fingerprint density at radius 2 is 2.12 bits per heavy atom. The third kappa shape index (κ3) is 4.00. The molecule has 2 aliphatic rings. The summed E-state index contributed by atoms with van der Waals surface area (Å²) in [6.07, 6.45) is 20.8. The van der Waals surface area contributed by atoms with Crippen LogP contribution in [0, 0.1) is 0 Å². The lowest BCUT2D eigenvalue weighted by Gasteiger charge is -2.12. The molecule has 2 heteroatoms. The lowest BCUT2D eigenvalue weighted by Crippen LogP contribution is -1.99. The maximum atomic E-state index is 6.44. The fourth-order valence-electron chi connectivity index (χ4n) is 3.13. The minimum absolute atomic E-state index is 0.513. The van der Waals surface area contributed by atoms with E-state index in [0.29, 0.717) is 11.6 Å². The molecule has 0 amide bonds. The zero-order valence-corrected chi connectivity index (χ0v) is 15.8. The quantitative estimate of drug-likeness (QED) is 0.523. The molecule has 0 unspecified atom stereocenters. The first-order valence-corrected chi connectivity index (χ1v) is 9.31. The van der Waals surface area contributed by atoms with Gasteiger partial charge in [0.2, 0.25) is 0 Å². The highest BCUT2D eigenvalue weighted by molar-refractivity contribution is 6.32. The lowest BCUT2D eigenvalue weighted by molar-refractivity contribution is 0.356. The van der Waals surface area contributed by atoms with Crippen molar-refractivity contribution >= 4 is 17.2 Å². The van der Waals surface area contributed by atoms with Crippen LogP contribution in [0.4, 0.5) is 0 Å². The standard InChI is InChI=1S/C24H23ClO/c1-3-5-11-18(10-4-2)16-22-20-13-8-6-7-12-19(20)17-26-24-21(22)14-9-15-23(24)25/h3,5,7-16H,1,4,6,17H2,2H3/b11-5-,18-10+,22-16-. The number of hydrogen-bond acceptors (Lipinski definition) is 1. The van der Waals surface area contributed by atoms with Crippen LogP contribution in [0.2, 0.25) is 5.02 Å². The second kappa shape index (κ2) is 8.73. The van der Waals surface area contributed by atoms with Crippen LogP contribution in [-0.4, -0.2) is 6.61 Å². The zero-order chi connectivity index (χ0) is 18.4. The molecule has 3 rings (SSSR count). The normalized spacial score (nSPS) is 18.4. The van der Waals surface area contributed by atoms with Gasteiger partial charge in [0.15, 0.2) is 0 Å². The van der Waals surface area contributed by atoms with Gasteiger partial charge in [0.25, 0.3) is 0 Å². The summed E-state index contributed by atoms with van der Waals surface area (Å²) >= 11 is 6.44. The van der Waals surface area contributed by atoms with Gasteiger partial charge in [-0.15, -0.1) is 0 Å². The number of ether oxygens (including phenoxy) is 1. The van der Waals surface area contributed by atoms with Crippen LogP contribution in [0.25, 0.3) is 5.57 Å². The van der Waals surface area contributed by atoms with Crippen molar-refractivity contribution in [2.24, 2.45) is 0 Å². The molecule has 1 heterocycles. The smallest absolute Gasteiger partial charge is 0.146 e. The number of rotatable bonds is 4. The van der Waals surface area contributed by atoms with Crippen molar-refractivity contribution in [3.05, 3.63) is 107 Å². The predicted octanol–water partition coefficient (Wildman–Crippen LogP) is 7.01. The number of hydrogen-bond donors (Lipinski definition) is 0. The van der Waals surface area contributed by atoms with E-state index in [2.05, 4.69) is 62.1 Å². The van der Waals surface area contributed by atoms with Gasteiger partial charge >= 0.3 is 0 Å². The van der Waals surface area contributed by atoms with Crippen molar-refractivity contribution < 1.29 is 4.74 Å². The molecule has 1 aliphatic carbocycles. The van der Waals surface area contributed by atoms with Crippen LogP contribution in [0.15, 0.2) is 96.2 Å². The fraction of sp³-hybridized carbons (Fsp3) is 0.167. The van der Waals surface area contributed by atoms with Crippen LogP contribution in [0.1, 0.15) is 25.3 Å². The molecule has 1 nitrogen and oxygen atoms in total. The van der Waals surface area contributed by atoms with Crippen LogP contribution in [0.5, 0.6) is 5.75 Å². The summed E-state index contributed by atoms with van der Waals surface area (Å²) in [6, 6.07) is 5.93. The number of allylic oxidation sites excluding steroid dienone is 11. The zero-order valence-electron chi connectivity index (χ0n) is 15.0. The molecule has 0 bridgehead atoms. The van der Waals surface area contributed by atoms with E-state index in [-0.39, 0.29) is 0 Å². The molecule has 0 aromatic heterocycles. The Morgan fingerprint density at radius 1 is 1.27 bits per heavy atom. The van der Waals surface area contributed by atoms with Gasteiger partial charge in [0.1, 0.15) is 12.4 Å². The lowest BCUT2D eigenvalue weighted by atomic mass is 9.92. The maximum Gasteiger partial charge on any atom is 0.146 e.